The quantitative estimate of drug-likeness (QED) is 0.916. The first-order valence-electron chi connectivity index (χ1n) is 6.71. The minimum Gasteiger partial charge on any atom is -0.508 e. The number of nitrogens with zero attached hydrogens (tertiary/aromatic N) is 2. The zero-order valence-electron chi connectivity index (χ0n) is 11.5. The number of carbonyl (C=O) groups is 1. The molecule has 0 unspecified atom stereocenters. The molecule has 0 saturated carbocycles. The van der Waals surface area contributed by atoms with Crippen molar-refractivity contribution in [1.29, 1.82) is 0 Å². The Balaban J connectivity index is 1.88. The number of halogens is 1. The Morgan fingerprint density at radius 3 is 2.70 bits per heavy atom. The summed E-state index contributed by atoms with van der Waals surface area (Å²) in [5.41, 5.74) is 1.05. The zero-order valence-corrected chi connectivity index (χ0v) is 13.1. The van der Waals surface area contributed by atoms with E-state index in [1.165, 1.54) is 0 Å². The predicted molar refractivity (Wildman–Crippen MR) is 79.7 cm³/mol. The molecule has 1 amide bonds. The SMILES string of the molecule is CCOC(=O)N1CCN(Cc2cc(O)ccc2Br)CC1. The summed E-state index contributed by atoms with van der Waals surface area (Å²) < 4.78 is 5.99. The average Bonchev–Trinajstić information content (AvgIpc) is 2.44. The fourth-order valence-electron chi connectivity index (χ4n) is 2.23. The summed E-state index contributed by atoms with van der Waals surface area (Å²) in [6.45, 7) is 5.95. The lowest BCUT2D eigenvalue weighted by Crippen LogP contribution is -2.48. The number of rotatable bonds is 3. The van der Waals surface area contributed by atoms with Gasteiger partial charge in [-0.15, -0.1) is 0 Å². The summed E-state index contributed by atoms with van der Waals surface area (Å²) in [5, 5.41) is 9.53. The molecule has 1 fully saturated rings. The van der Waals surface area contributed by atoms with E-state index >= 15 is 0 Å². The van der Waals surface area contributed by atoms with Crippen LogP contribution >= 0.6 is 15.9 Å². The molecule has 6 heteroatoms. The highest BCUT2D eigenvalue weighted by Crippen LogP contribution is 2.23. The molecule has 2 rings (SSSR count). The third kappa shape index (κ3) is 3.86. The molecule has 1 N–H and O–H groups in total. The van der Waals surface area contributed by atoms with E-state index in [1.807, 2.05) is 13.0 Å². The van der Waals surface area contributed by atoms with Gasteiger partial charge in [-0.05, 0) is 30.7 Å². The maximum atomic E-state index is 11.6. The average molecular weight is 343 g/mol. The van der Waals surface area contributed by atoms with Gasteiger partial charge in [0.2, 0.25) is 0 Å². The highest BCUT2D eigenvalue weighted by molar-refractivity contribution is 9.10. The zero-order chi connectivity index (χ0) is 14.5. The van der Waals surface area contributed by atoms with Gasteiger partial charge < -0.3 is 14.7 Å². The fourth-order valence-corrected chi connectivity index (χ4v) is 2.60. The van der Waals surface area contributed by atoms with Gasteiger partial charge in [0.1, 0.15) is 5.75 Å². The second kappa shape index (κ2) is 6.95. The monoisotopic (exact) mass is 342 g/mol. The molecule has 0 aromatic heterocycles. The maximum absolute atomic E-state index is 11.6. The molecular formula is C14H19BrN2O3. The van der Waals surface area contributed by atoms with Crippen LogP contribution in [0.2, 0.25) is 0 Å². The van der Waals surface area contributed by atoms with Crippen LogP contribution in [0.15, 0.2) is 22.7 Å². The molecule has 1 heterocycles. The van der Waals surface area contributed by atoms with Crippen molar-refractivity contribution in [2.45, 2.75) is 13.5 Å². The topological polar surface area (TPSA) is 53.0 Å². The van der Waals surface area contributed by atoms with E-state index in [-0.39, 0.29) is 11.8 Å². The Kier molecular flexibility index (Phi) is 5.25. The highest BCUT2D eigenvalue weighted by Gasteiger charge is 2.22. The van der Waals surface area contributed by atoms with Gasteiger partial charge in [-0.2, -0.15) is 0 Å². The number of carbonyl (C=O) groups excluding carboxylic acids is 1. The number of amides is 1. The lowest BCUT2D eigenvalue weighted by molar-refractivity contribution is 0.0778. The van der Waals surface area contributed by atoms with E-state index in [0.29, 0.717) is 19.7 Å². The van der Waals surface area contributed by atoms with Gasteiger partial charge in [0, 0.05) is 37.2 Å². The number of ether oxygens (including phenoxy) is 1. The van der Waals surface area contributed by atoms with Crippen molar-refractivity contribution in [1.82, 2.24) is 9.80 Å². The standard InChI is InChI=1S/C14H19BrN2O3/c1-2-20-14(19)17-7-5-16(6-8-17)10-11-9-12(18)3-4-13(11)15/h3-4,9,18H,2,5-8,10H2,1H3. The van der Waals surface area contributed by atoms with Gasteiger partial charge in [-0.3, -0.25) is 4.90 Å². The number of aromatic hydroxyl groups is 1. The van der Waals surface area contributed by atoms with E-state index in [4.69, 9.17) is 4.74 Å². The molecule has 5 nitrogen and oxygen atoms in total. The van der Waals surface area contributed by atoms with E-state index in [0.717, 1.165) is 29.7 Å². The molecular weight excluding hydrogens is 324 g/mol. The lowest BCUT2D eigenvalue weighted by Gasteiger charge is -2.34. The van der Waals surface area contributed by atoms with Crippen LogP contribution in [0.4, 0.5) is 4.79 Å². The number of phenols is 1. The van der Waals surface area contributed by atoms with E-state index in [9.17, 15) is 9.90 Å². The third-order valence-electron chi connectivity index (χ3n) is 3.32. The molecule has 0 radical (unpaired) electrons. The smallest absolute Gasteiger partial charge is 0.409 e. The van der Waals surface area contributed by atoms with Crippen LogP contribution in [-0.4, -0.2) is 53.8 Å². The Hall–Kier alpha value is -1.27. The number of benzene rings is 1. The van der Waals surface area contributed by atoms with Crippen LogP contribution in [-0.2, 0) is 11.3 Å². The molecule has 0 bridgehead atoms. The van der Waals surface area contributed by atoms with E-state index < -0.39 is 0 Å². The molecule has 0 spiro atoms. The van der Waals surface area contributed by atoms with Gasteiger partial charge in [0.15, 0.2) is 0 Å². The summed E-state index contributed by atoms with van der Waals surface area (Å²) in [4.78, 5) is 15.6. The second-order valence-electron chi connectivity index (χ2n) is 4.74. The minimum absolute atomic E-state index is 0.231. The van der Waals surface area contributed by atoms with Gasteiger partial charge in [-0.1, -0.05) is 15.9 Å². The lowest BCUT2D eigenvalue weighted by atomic mass is 10.2. The number of phenolic OH excluding ortho intramolecular Hbond substituents is 1. The van der Waals surface area contributed by atoms with Crippen molar-refractivity contribution < 1.29 is 14.6 Å². The molecule has 1 aliphatic rings. The summed E-state index contributed by atoms with van der Waals surface area (Å²) in [6.07, 6.45) is -0.231. The van der Waals surface area contributed by atoms with Crippen molar-refractivity contribution in [3.05, 3.63) is 28.2 Å². The normalized spacial score (nSPS) is 16.2. The molecule has 1 aromatic rings. The molecule has 1 aliphatic heterocycles. The highest BCUT2D eigenvalue weighted by atomic mass is 79.9. The van der Waals surface area contributed by atoms with Crippen molar-refractivity contribution >= 4 is 22.0 Å². The molecule has 1 saturated heterocycles. The Morgan fingerprint density at radius 1 is 1.35 bits per heavy atom. The van der Waals surface area contributed by atoms with Gasteiger partial charge in [0.05, 0.1) is 6.61 Å². The maximum Gasteiger partial charge on any atom is 0.409 e. The molecule has 110 valence electrons. The van der Waals surface area contributed by atoms with E-state index in [2.05, 4.69) is 20.8 Å². The van der Waals surface area contributed by atoms with Gasteiger partial charge in [0.25, 0.3) is 0 Å². The van der Waals surface area contributed by atoms with Crippen LogP contribution < -0.4 is 0 Å². The van der Waals surface area contributed by atoms with Crippen LogP contribution in [0.25, 0.3) is 0 Å². The van der Waals surface area contributed by atoms with Crippen LogP contribution in [0.5, 0.6) is 5.75 Å². The second-order valence-corrected chi connectivity index (χ2v) is 5.59. The summed E-state index contributed by atoms with van der Waals surface area (Å²) in [5.74, 6) is 0.272. The van der Waals surface area contributed by atoms with Crippen molar-refractivity contribution in [3.8, 4) is 5.75 Å². The van der Waals surface area contributed by atoms with Gasteiger partial charge >= 0.3 is 6.09 Å². The van der Waals surface area contributed by atoms with Crippen LogP contribution in [0, 0.1) is 0 Å². The Morgan fingerprint density at radius 2 is 2.05 bits per heavy atom. The molecule has 0 atom stereocenters. The van der Waals surface area contributed by atoms with Crippen molar-refractivity contribution in [2.75, 3.05) is 32.8 Å². The predicted octanol–water partition coefficient (Wildman–Crippen LogP) is 2.43. The Labute approximate surface area is 127 Å². The number of hydrogen-bond donors (Lipinski definition) is 1. The first kappa shape index (κ1) is 15.1. The summed E-state index contributed by atoms with van der Waals surface area (Å²) in [7, 11) is 0. The van der Waals surface area contributed by atoms with Crippen LogP contribution in [0.1, 0.15) is 12.5 Å². The fraction of sp³-hybridized carbons (Fsp3) is 0.500. The van der Waals surface area contributed by atoms with Crippen molar-refractivity contribution in [2.24, 2.45) is 0 Å². The summed E-state index contributed by atoms with van der Waals surface area (Å²) >= 11 is 3.49. The first-order chi connectivity index (χ1) is 9.60. The molecule has 20 heavy (non-hydrogen) atoms. The first-order valence-corrected chi connectivity index (χ1v) is 7.51. The molecule has 0 aliphatic carbocycles. The van der Waals surface area contributed by atoms with Crippen molar-refractivity contribution in [3.63, 3.8) is 0 Å². The largest absolute Gasteiger partial charge is 0.508 e. The minimum atomic E-state index is -0.231. The van der Waals surface area contributed by atoms with Gasteiger partial charge in [-0.25, -0.2) is 4.79 Å². The number of piperazine rings is 1. The molecule has 1 aromatic carbocycles. The van der Waals surface area contributed by atoms with E-state index in [1.54, 1.807) is 17.0 Å². The summed E-state index contributed by atoms with van der Waals surface area (Å²) in [6, 6.07) is 5.27. The Bertz CT molecular complexity index is 473. The number of hydrogen-bond acceptors (Lipinski definition) is 4. The third-order valence-corrected chi connectivity index (χ3v) is 4.10. The van der Waals surface area contributed by atoms with Crippen LogP contribution in [0.3, 0.4) is 0 Å².